The smallest absolute Gasteiger partial charge is 0.227 e. The van der Waals surface area contributed by atoms with Crippen LogP contribution in [0.1, 0.15) is 39.0 Å². The monoisotopic (exact) mass is 181 g/mol. The molecule has 1 saturated carbocycles. The predicted octanol–water partition coefficient (Wildman–Crippen LogP) is 1.02. The summed E-state index contributed by atoms with van der Waals surface area (Å²) in [5.41, 5.74) is -0.200. The summed E-state index contributed by atoms with van der Waals surface area (Å²) >= 11 is 0. The molecular formula is C10H15NO2. The second-order valence-corrected chi connectivity index (χ2v) is 4.25. The van der Waals surface area contributed by atoms with E-state index in [1.807, 2.05) is 6.92 Å². The Labute approximate surface area is 77.9 Å². The van der Waals surface area contributed by atoms with E-state index < -0.39 is 0 Å². The Bertz CT molecular complexity index is 254. The van der Waals surface area contributed by atoms with E-state index in [1.165, 1.54) is 0 Å². The molecule has 3 heteroatoms. The molecule has 2 aliphatic rings. The van der Waals surface area contributed by atoms with Crippen LogP contribution in [-0.2, 0) is 9.59 Å². The van der Waals surface area contributed by atoms with Crippen LogP contribution in [0, 0.1) is 5.41 Å². The van der Waals surface area contributed by atoms with E-state index in [0.29, 0.717) is 0 Å². The van der Waals surface area contributed by atoms with Gasteiger partial charge in [-0.15, -0.1) is 0 Å². The molecule has 2 fully saturated rings. The standard InChI is InChI=1S/C10H15NO2/c1-7-10(4-2-3-5-10)8(12)6-9(13)11-7/h7H,2-6H2,1H3,(H,11,13). The Morgan fingerprint density at radius 1 is 1.31 bits per heavy atom. The fraction of sp³-hybridized carbons (Fsp3) is 0.800. The van der Waals surface area contributed by atoms with Crippen molar-refractivity contribution in [3.63, 3.8) is 0 Å². The van der Waals surface area contributed by atoms with Crippen LogP contribution in [0.2, 0.25) is 0 Å². The van der Waals surface area contributed by atoms with Gasteiger partial charge in [0.1, 0.15) is 5.78 Å². The van der Waals surface area contributed by atoms with Crippen LogP contribution in [0.5, 0.6) is 0 Å². The van der Waals surface area contributed by atoms with Gasteiger partial charge in [-0.3, -0.25) is 9.59 Å². The second-order valence-electron chi connectivity index (χ2n) is 4.25. The van der Waals surface area contributed by atoms with E-state index in [9.17, 15) is 9.59 Å². The van der Waals surface area contributed by atoms with Gasteiger partial charge in [-0.1, -0.05) is 12.8 Å². The molecule has 0 aromatic rings. The van der Waals surface area contributed by atoms with Crippen molar-refractivity contribution in [2.45, 2.75) is 45.1 Å². The van der Waals surface area contributed by atoms with Gasteiger partial charge in [0.2, 0.25) is 5.91 Å². The first-order chi connectivity index (χ1) is 6.15. The summed E-state index contributed by atoms with van der Waals surface area (Å²) in [5.74, 6) is 0.0660. The molecule has 13 heavy (non-hydrogen) atoms. The molecule has 3 nitrogen and oxygen atoms in total. The summed E-state index contributed by atoms with van der Waals surface area (Å²) < 4.78 is 0. The SMILES string of the molecule is CC1NC(=O)CC(=O)C12CCCC2. The highest BCUT2D eigenvalue weighted by Crippen LogP contribution is 2.44. The van der Waals surface area contributed by atoms with Crippen LogP contribution in [0.25, 0.3) is 0 Å². The molecule has 1 N–H and O–H groups in total. The molecule has 1 spiro atoms. The van der Waals surface area contributed by atoms with Gasteiger partial charge in [0.05, 0.1) is 6.42 Å². The maximum absolute atomic E-state index is 11.8. The van der Waals surface area contributed by atoms with Crippen molar-refractivity contribution < 1.29 is 9.59 Å². The normalized spacial score (nSPS) is 32.2. The zero-order valence-electron chi connectivity index (χ0n) is 7.93. The van der Waals surface area contributed by atoms with Crippen LogP contribution in [0.3, 0.4) is 0 Å². The van der Waals surface area contributed by atoms with Crippen LogP contribution in [0.4, 0.5) is 0 Å². The van der Waals surface area contributed by atoms with Gasteiger partial charge in [0.15, 0.2) is 0 Å². The first kappa shape index (κ1) is 8.73. The van der Waals surface area contributed by atoms with E-state index in [1.54, 1.807) is 0 Å². The van der Waals surface area contributed by atoms with Crippen molar-refractivity contribution in [3.8, 4) is 0 Å². The number of hydrogen-bond acceptors (Lipinski definition) is 2. The van der Waals surface area contributed by atoms with Crippen LogP contribution < -0.4 is 5.32 Å². The number of hydrogen-bond donors (Lipinski definition) is 1. The third-order valence-corrected chi connectivity index (χ3v) is 3.58. The number of amides is 1. The number of ketones is 1. The number of Topliss-reactive ketones (excluding diaryl/α,β-unsaturated/α-hetero) is 1. The first-order valence-corrected chi connectivity index (χ1v) is 4.98. The van der Waals surface area contributed by atoms with Crippen molar-refractivity contribution in [2.24, 2.45) is 5.41 Å². The average Bonchev–Trinajstić information content (AvgIpc) is 2.50. The summed E-state index contributed by atoms with van der Waals surface area (Å²) in [7, 11) is 0. The molecule has 1 heterocycles. The minimum absolute atomic E-state index is 0.0451. The van der Waals surface area contributed by atoms with E-state index in [-0.39, 0.29) is 29.6 Å². The van der Waals surface area contributed by atoms with E-state index in [4.69, 9.17) is 0 Å². The molecule has 0 radical (unpaired) electrons. The summed E-state index contributed by atoms with van der Waals surface area (Å²) in [6.45, 7) is 1.96. The largest absolute Gasteiger partial charge is 0.352 e. The topological polar surface area (TPSA) is 46.2 Å². The summed E-state index contributed by atoms with van der Waals surface area (Å²) in [6, 6.07) is 0.0451. The number of nitrogens with one attached hydrogen (secondary N) is 1. The summed E-state index contributed by atoms with van der Waals surface area (Å²) in [4.78, 5) is 22.9. The lowest BCUT2D eigenvalue weighted by Gasteiger charge is -2.38. The van der Waals surface area contributed by atoms with Crippen molar-refractivity contribution in [1.82, 2.24) is 5.32 Å². The highest BCUT2D eigenvalue weighted by Gasteiger charge is 2.48. The van der Waals surface area contributed by atoms with Crippen LogP contribution in [0.15, 0.2) is 0 Å². The number of rotatable bonds is 0. The molecule has 1 amide bonds. The lowest BCUT2D eigenvalue weighted by Crippen LogP contribution is -2.54. The van der Waals surface area contributed by atoms with Gasteiger partial charge in [-0.25, -0.2) is 0 Å². The minimum atomic E-state index is -0.200. The predicted molar refractivity (Wildman–Crippen MR) is 48.1 cm³/mol. The van der Waals surface area contributed by atoms with E-state index >= 15 is 0 Å². The first-order valence-electron chi connectivity index (χ1n) is 4.98. The highest BCUT2D eigenvalue weighted by atomic mass is 16.2. The van der Waals surface area contributed by atoms with Gasteiger partial charge >= 0.3 is 0 Å². The van der Waals surface area contributed by atoms with E-state index in [0.717, 1.165) is 25.7 Å². The van der Waals surface area contributed by atoms with Crippen molar-refractivity contribution in [1.29, 1.82) is 0 Å². The molecule has 1 unspecified atom stereocenters. The molecule has 0 aromatic heterocycles. The number of carbonyl (C=O) groups excluding carboxylic acids is 2. The molecule has 0 aromatic carbocycles. The zero-order chi connectivity index (χ0) is 9.47. The Morgan fingerprint density at radius 2 is 1.92 bits per heavy atom. The molecule has 1 aliphatic carbocycles. The minimum Gasteiger partial charge on any atom is -0.352 e. The average molecular weight is 181 g/mol. The third kappa shape index (κ3) is 1.18. The van der Waals surface area contributed by atoms with Crippen molar-refractivity contribution >= 4 is 11.7 Å². The van der Waals surface area contributed by atoms with Gasteiger partial charge in [-0.2, -0.15) is 0 Å². The summed E-state index contributed by atoms with van der Waals surface area (Å²) in [5, 5.41) is 2.88. The number of piperidine rings is 1. The molecule has 72 valence electrons. The van der Waals surface area contributed by atoms with Crippen LogP contribution in [-0.4, -0.2) is 17.7 Å². The van der Waals surface area contributed by atoms with Gasteiger partial charge < -0.3 is 5.32 Å². The fourth-order valence-electron chi connectivity index (χ4n) is 2.71. The third-order valence-electron chi connectivity index (χ3n) is 3.58. The van der Waals surface area contributed by atoms with Crippen LogP contribution >= 0.6 is 0 Å². The quantitative estimate of drug-likeness (QED) is 0.567. The molecular weight excluding hydrogens is 166 g/mol. The maximum Gasteiger partial charge on any atom is 0.227 e. The second kappa shape index (κ2) is 2.82. The maximum atomic E-state index is 11.8. The lowest BCUT2D eigenvalue weighted by molar-refractivity contribution is -0.140. The van der Waals surface area contributed by atoms with Gasteiger partial charge in [0.25, 0.3) is 0 Å². The zero-order valence-corrected chi connectivity index (χ0v) is 7.93. The Morgan fingerprint density at radius 3 is 2.46 bits per heavy atom. The molecule has 1 aliphatic heterocycles. The molecule has 2 rings (SSSR count). The molecule has 1 saturated heterocycles. The van der Waals surface area contributed by atoms with Gasteiger partial charge in [-0.05, 0) is 19.8 Å². The van der Waals surface area contributed by atoms with Crippen molar-refractivity contribution in [3.05, 3.63) is 0 Å². The Hall–Kier alpha value is -0.860. The molecule has 0 bridgehead atoms. The lowest BCUT2D eigenvalue weighted by atomic mass is 9.72. The Kier molecular flexibility index (Phi) is 1.90. The Balaban J connectivity index is 2.25. The van der Waals surface area contributed by atoms with Crippen molar-refractivity contribution in [2.75, 3.05) is 0 Å². The highest BCUT2D eigenvalue weighted by molar-refractivity contribution is 6.04. The summed E-state index contributed by atoms with van der Waals surface area (Å²) in [6.07, 6.45) is 4.29. The number of carbonyl (C=O) groups is 2. The molecule has 1 atom stereocenters. The fourth-order valence-corrected chi connectivity index (χ4v) is 2.71. The van der Waals surface area contributed by atoms with E-state index in [2.05, 4.69) is 5.32 Å². The van der Waals surface area contributed by atoms with Gasteiger partial charge in [0, 0.05) is 11.5 Å².